The highest BCUT2D eigenvalue weighted by Crippen LogP contribution is 2.19. The topological polar surface area (TPSA) is 63.3 Å². The van der Waals surface area contributed by atoms with E-state index in [4.69, 9.17) is 4.42 Å². The molecule has 2 heterocycles. The standard InChI is InChI=1S/C16H14N4OS/c1-2-5-13(6-3-1)12-22-16-17-9-8-15(19-16)20-18-11-14-7-4-10-21-14/h1-11H,12H2,(H,17,19,20)/b18-11+. The Kier molecular flexibility index (Phi) is 4.84. The maximum Gasteiger partial charge on any atom is 0.189 e. The Morgan fingerprint density at radius 3 is 2.86 bits per heavy atom. The Morgan fingerprint density at radius 1 is 1.14 bits per heavy atom. The highest BCUT2D eigenvalue weighted by Gasteiger charge is 2.00. The quantitative estimate of drug-likeness (QED) is 0.325. The fourth-order valence-electron chi connectivity index (χ4n) is 1.72. The maximum atomic E-state index is 5.16. The van der Waals surface area contributed by atoms with Gasteiger partial charge in [-0.05, 0) is 17.7 Å². The van der Waals surface area contributed by atoms with Crippen molar-refractivity contribution in [2.24, 2.45) is 5.10 Å². The van der Waals surface area contributed by atoms with E-state index in [1.54, 1.807) is 36.5 Å². The van der Waals surface area contributed by atoms with Crippen molar-refractivity contribution < 1.29 is 4.42 Å². The third-order valence-electron chi connectivity index (χ3n) is 2.76. The Bertz CT molecular complexity index is 729. The average Bonchev–Trinajstić information content (AvgIpc) is 3.08. The van der Waals surface area contributed by atoms with Gasteiger partial charge in [0, 0.05) is 18.0 Å². The van der Waals surface area contributed by atoms with Crippen molar-refractivity contribution >= 4 is 23.8 Å². The van der Waals surface area contributed by atoms with Gasteiger partial charge in [0.15, 0.2) is 11.0 Å². The van der Waals surface area contributed by atoms with E-state index in [9.17, 15) is 0 Å². The molecular formula is C16H14N4OS. The summed E-state index contributed by atoms with van der Waals surface area (Å²) in [5.41, 5.74) is 4.11. The van der Waals surface area contributed by atoms with Crippen LogP contribution in [0.4, 0.5) is 5.82 Å². The number of furan rings is 1. The number of anilines is 1. The Hall–Kier alpha value is -2.60. The molecule has 6 heteroatoms. The molecule has 22 heavy (non-hydrogen) atoms. The number of hydrogen-bond acceptors (Lipinski definition) is 6. The summed E-state index contributed by atoms with van der Waals surface area (Å²) in [5, 5.41) is 4.79. The summed E-state index contributed by atoms with van der Waals surface area (Å²) in [6, 6.07) is 15.6. The minimum atomic E-state index is 0.647. The summed E-state index contributed by atoms with van der Waals surface area (Å²) in [6.45, 7) is 0. The first-order valence-electron chi connectivity index (χ1n) is 6.72. The zero-order valence-corrected chi connectivity index (χ0v) is 12.5. The lowest BCUT2D eigenvalue weighted by Gasteiger charge is -2.03. The lowest BCUT2D eigenvalue weighted by Crippen LogP contribution is -1.95. The van der Waals surface area contributed by atoms with Gasteiger partial charge in [-0.25, -0.2) is 9.97 Å². The summed E-state index contributed by atoms with van der Waals surface area (Å²) >= 11 is 1.59. The molecule has 0 aliphatic heterocycles. The van der Waals surface area contributed by atoms with E-state index in [0.717, 1.165) is 5.75 Å². The molecule has 3 aromatic rings. The highest BCUT2D eigenvalue weighted by molar-refractivity contribution is 7.98. The normalized spacial score (nSPS) is 10.9. The van der Waals surface area contributed by atoms with Crippen LogP contribution in [0, 0.1) is 0 Å². The Balaban J connectivity index is 1.58. The predicted molar refractivity (Wildman–Crippen MR) is 88.0 cm³/mol. The molecule has 0 atom stereocenters. The van der Waals surface area contributed by atoms with E-state index >= 15 is 0 Å². The van der Waals surface area contributed by atoms with Gasteiger partial charge in [-0.2, -0.15) is 5.10 Å². The van der Waals surface area contributed by atoms with Crippen molar-refractivity contribution in [3.05, 3.63) is 72.3 Å². The molecule has 1 aromatic carbocycles. The van der Waals surface area contributed by atoms with Crippen LogP contribution in [0.25, 0.3) is 0 Å². The molecule has 0 saturated heterocycles. The predicted octanol–water partition coefficient (Wildman–Crippen LogP) is 3.81. The van der Waals surface area contributed by atoms with Crippen LogP contribution in [-0.4, -0.2) is 16.2 Å². The second kappa shape index (κ2) is 7.42. The summed E-state index contributed by atoms with van der Waals surface area (Å²) in [7, 11) is 0. The molecule has 0 amide bonds. The lowest BCUT2D eigenvalue weighted by atomic mass is 10.2. The first kappa shape index (κ1) is 14.3. The van der Waals surface area contributed by atoms with Crippen molar-refractivity contribution in [3.63, 3.8) is 0 Å². The van der Waals surface area contributed by atoms with E-state index in [-0.39, 0.29) is 0 Å². The second-order valence-electron chi connectivity index (χ2n) is 4.38. The first-order valence-corrected chi connectivity index (χ1v) is 7.71. The van der Waals surface area contributed by atoms with Crippen molar-refractivity contribution in [3.8, 4) is 0 Å². The summed E-state index contributed by atoms with van der Waals surface area (Å²) in [5.74, 6) is 2.16. The third kappa shape index (κ3) is 4.20. The lowest BCUT2D eigenvalue weighted by molar-refractivity contribution is 0.560. The highest BCUT2D eigenvalue weighted by atomic mass is 32.2. The van der Waals surface area contributed by atoms with Crippen molar-refractivity contribution in [1.82, 2.24) is 9.97 Å². The molecule has 3 rings (SSSR count). The zero-order chi connectivity index (χ0) is 15.0. The molecule has 0 aliphatic rings. The second-order valence-corrected chi connectivity index (χ2v) is 5.33. The number of hydrazone groups is 1. The van der Waals surface area contributed by atoms with E-state index in [0.29, 0.717) is 16.7 Å². The molecule has 5 nitrogen and oxygen atoms in total. The molecule has 2 aromatic heterocycles. The number of aromatic nitrogens is 2. The summed E-state index contributed by atoms with van der Waals surface area (Å²) in [4.78, 5) is 8.66. The number of nitrogens with one attached hydrogen (secondary N) is 1. The van der Waals surface area contributed by atoms with Crippen LogP contribution < -0.4 is 5.43 Å². The molecule has 0 radical (unpaired) electrons. The molecule has 0 spiro atoms. The molecule has 1 N–H and O–H groups in total. The van der Waals surface area contributed by atoms with Gasteiger partial charge < -0.3 is 4.42 Å². The number of thioether (sulfide) groups is 1. The van der Waals surface area contributed by atoms with Gasteiger partial charge in [-0.1, -0.05) is 42.1 Å². The van der Waals surface area contributed by atoms with Gasteiger partial charge >= 0.3 is 0 Å². The van der Waals surface area contributed by atoms with Crippen LogP contribution >= 0.6 is 11.8 Å². The van der Waals surface area contributed by atoms with Crippen LogP contribution in [-0.2, 0) is 5.75 Å². The van der Waals surface area contributed by atoms with E-state index in [2.05, 4.69) is 32.6 Å². The third-order valence-corrected chi connectivity index (χ3v) is 3.69. The molecule has 0 unspecified atom stereocenters. The molecular weight excluding hydrogens is 296 g/mol. The Morgan fingerprint density at radius 2 is 2.05 bits per heavy atom. The van der Waals surface area contributed by atoms with E-state index in [1.807, 2.05) is 30.3 Å². The van der Waals surface area contributed by atoms with Crippen LogP contribution in [0.5, 0.6) is 0 Å². The van der Waals surface area contributed by atoms with Gasteiger partial charge in [0.25, 0.3) is 0 Å². The minimum Gasteiger partial charge on any atom is -0.463 e. The number of nitrogens with zero attached hydrogens (tertiary/aromatic N) is 3. The van der Waals surface area contributed by atoms with Crippen LogP contribution in [0.1, 0.15) is 11.3 Å². The van der Waals surface area contributed by atoms with Gasteiger partial charge in [0.1, 0.15) is 5.76 Å². The van der Waals surface area contributed by atoms with Gasteiger partial charge in [-0.3, -0.25) is 5.43 Å². The number of rotatable bonds is 6. The maximum absolute atomic E-state index is 5.16. The minimum absolute atomic E-state index is 0.647. The summed E-state index contributed by atoms with van der Waals surface area (Å²) in [6.07, 6.45) is 4.91. The molecule has 0 fully saturated rings. The fourth-order valence-corrected chi connectivity index (χ4v) is 2.51. The summed E-state index contributed by atoms with van der Waals surface area (Å²) < 4.78 is 5.16. The van der Waals surface area contributed by atoms with E-state index < -0.39 is 0 Å². The van der Waals surface area contributed by atoms with E-state index in [1.165, 1.54) is 5.56 Å². The Labute approximate surface area is 132 Å². The average molecular weight is 310 g/mol. The molecule has 0 saturated carbocycles. The zero-order valence-electron chi connectivity index (χ0n) is 11.7. The van der Waals surface area contributed by atoms with Crippen molar-refractivity contribution in [2.75, 3.05) is 5.43 Å². The largest absolute Gasteiger partial charge is 0.463 e. The van der Waals surface area contributed by atoms with Gasteiger partial charge in [0.05, 0.1) is 12.5 Å². The van der Waals surface area contributed by atoms with Crippen molar-refractivity contribution in [1.29, 1.82) is 0 Å². The first-order chi connectivity index (χ1) is 10.9. The smallest absolute Gasteiger partial charge is 0.189 e. The monoisotopic (exact) mass is 310 g/mol. The van der Waals surface area contributed by atoms with Crippen LogP contribution in [0.15, 0.2) is 75.7 Å². The number of benzene rings is 1. The van der Waals surface area contributed by atoms with Crippen molar-refractivity contribution in [2.45, 2.75) is 10.9 Å². The van der Waals surface area contributed by atoms with Crippen LogP contribution in [0.3, 0.4) is 0 Å². The molecule has 0 aliphatic carbocycles. The SMILES string of the molecule is C(=N\Nc1ccnc(SCc2ccccc2)n1)/c1ccco1. The molecule has 110 valence electrons. The molecule has 0 bridgehead atoms. The van der Waals surface area contributed by atoms with Gasteiger partial charge in [-0.15, -0.1) is 0 Å². The van der Waals surface area contributed by atoms with Crippen LogP contribution in [0.2, 0.25) is 0 Å². The fraction of sp³-hybridized carbons (Fsp3) is 0.0625. The number of hydrogen-bond donors (Lipinski definition) is 1. The van der Waals surface area contributed by atoms with Gasteiger partial charge in [0.2, 0.25) is 0 Å².